The third-order valence-corrected chi connectivity index (χ3v) is 2.93. The van der Waals surface area contributed by atoms with Crippen molar-refractivity contribution in [2.24, 2.45) is 5.10 Å². The Morgan fingerprint density at radius 1 is 1.32 bits per heavy atom. The minimum atomic E-state index is -0.148. The fourth-order valence-electron chi connectivity index (χ4n) is 1.93. The summed E-state index contributed by atoms with van der Waals surface area (Å²) in [5.74, 6) is -0.231. The van der Waals surface area contributed by atoms with Gasteiger partial charge in [0.1, 0.15) is 5.71 Å². The first-order valence-corrected chi connectivity index (χ1v) is 6.18. The van der Waals surface area contributed by atoms with Crippen LogP contribution >= 0.6 is 0 Å². The summed E-state index contributed by atoms with van der Waals surface area (Å²) >= 11 is 0. The molecule has 0 N–H and O–H groups in total. The molecule has 0 aliphatic carbocycles. The van der Waals surface area contributed by atoms with E-state index in [9.17, 15) is 9.59 Å². The monoisotopic (exact) mass is 259 g/mol. The molecular weight excluding hydrogens is 242 g/mol. The first-order chi connectivity index (χ1) is 8.99. The number of carbonyl (C=O) groups excluding carboxylic acids is 2. The molecule has 5 heteroatoms. The van der Waals surface area contributed by atoms with Crippen molar-refractivity contribution < 1.29 is 9.59 Å². The molecule has 0 saturated heterocycles. The molecule has 0 spiro atoms. The molecule has 1 aliphatic heterocycles. The van der Waals surface area contributed by atoms with E-state index in [4.69, 9.17) is 0 Å². The lowest BCUT2D eigenvalue weighted by Gasteiger charge is -2.24. The summed E-state index contributed by atoms with van der Waals surface area (Å²) in [6, 6.07) is 7.52. The predicted octanol–water partition coefficient (Wildman–Crippen LogP) is 1.57. The second-order valence-corrected chi connectivity index (χ2v) is 4.79. The molecule has 1 aromatic rings. The smallest absolute Gasteiger partial charge is 0.269 e. The Labute approximate surface area is 112 Å². The highest BCUT2D eigenvalue weighted by Gasteiger charge is 2.26. The van der Waals surface area contributed by atoms with Crippen LogP contribution in [0.5, 0.6) is 0 Å². The van der Waals surface area contributed by atoms with Crippen molar-refractivity contribution in [3.63, 3.8) is 0 Å². The lowest BCUT2D eigenvalue weighted by Crippen LogP contribution is -2.38. The van der Waals surface area contributed by atoms with Gasteiger partial charge >= 0.3 is 0 Å². The van der Waals surface area contributed by atoms with Crippen molar-refractivity contribution in [1.29, 1.82) is 0 Å². The van der Waals surface area contributed by atoms with Crippen LogP contribution in [0.15, 0.2) is 29.4 Å². The van der Waals surface area contributed by atoms with Gasteiger partial charge in [0.2, 0.25) is 5.91 Å². The third-order valence-electron chi connectivity index (χ3n) is 2.93. The van der Waals surface area contributed by atoms with Gasteiger partial charge in [0.05, 0.1) is 5.69 Å². The number of hydrogen-bond acceptors (Lipinski definition) is 3. The van der Waals surface area contributed by atoms with Crippen molar-refractivity contribution in [2.75, 3.05) is 19.1 Å². The Morgan fingerprint density at radius 3 is 2.68 bits per heavy atom. The van der Waals surface area contributed by atoms with Crippen LogP contribution in [0.3, 0.4) is 0 Å². The van der Waals surface area contributed by atoms with Crippen molar-refractivity contribution in [3.05, 3.63) is 29.8 Å². The first-order valence-electron chi connectivity index (χ1n) is 6.18. The highest BCUT2D eigenvalue weighted by molar-refractivity contribution is 6.40. The minimum absolute atomic E-state index is 0.0825. The van der Waals surface area contributed by atoms with Gasteiger partial charge in [-0.3, -0.25) is 9.59 Å². The van der Waals surface area contributed by atoms with E-state index >= 15 is 0 Å². The summed E-state index contributed by atoms with van der Waals surface area (Å²) < 4.78 is 0. The Bertz CT molecular complexity index is 549. The van der Waals surface area contributed by atoms with Crippen LogP contribution in [0.25, 0.3) is 0 Å². The number of hydrazone groups is 1. The highest BCUT2D eigenvalue weighted by Crippen LogP contribution is 2.21. The van der Waals surface area contributed by atoms with E-state index < -0.39 is 0 Å². The van der Waals surface area contributed by atoms with E-state index in [-0.39, 0.29) is 11.8 Å². The average Bonchev–Trinajstić information content (AvgIpc) is 2.38. The molecule has 1 heterocycles. The quantitative estimate of drug-likeness (QED) is 0.809. The number of anilines is 1. The van der Waals surface area contributed by atoms with E-state index in [1.807, 2.05) is 31.2 Å². The normalized spacial score (nSPS) is 15.2. The number of amides is 2. The maximum Gasteiger partial charge on any atom is 0.269 e. The van der Waals surface area contributed by atoms with Crippen LogP contribution in [-0.2, 0) is 9.59 Å². The van der Waals surface area contributed by atoms with E-state index in [2.05, 4.69) is 5.10 Å². The summed E-state index contributed by atoms with van der Waals surface area (Å²) in [4.78, 5) is 25.3. The van der Waals surface area contributed by atoms with Gasteiger partial charge in [0, 0.05) is 26.9 Å². The van der Waals surface area contributed by atoms with Gasteiger partial charge in [-0.1, -0.05) is 12.1 Å². The number of hydrogen-bond donors (Lipinski definition) is 0. The van der Waals surface area contributed by atoms with Gasteiger partial charge < -0.3 is 4.90 Å². The van der Waals surface area contributed by atoms with Crippen molar-refractivity contribution >= 4 is 23.2 Å². The number of nitrogens with zero attached hydrogens (tertiary/aromatic N) is 3. The van der Waals surface area contributed by atoms with Crippen LogP contribution < -0.4 is 5.01 Å². The Morgan fingerprint density at radius 2 is 2.05 bits per heavy atom. The largest absolute Gasteiger partial charge is 0.344 e. The lowest BCUT2D eigenvalue weighted by molar-refractivity contribution is -0.122. The van der Waals surface area contributed by atoms with Gasteiger partial charge in [-0.2, -0.15) is 5.10 Å². The van der Waals surface area contributed by atoms with E-state index in [1.165, 1.54) is 9.91 Å². The maximum absolute atomic E-state index is 11.9. The fourth-order valence-corrected chi connectivity index (χ4v) is 1.93. The van der Waals surface area contributed by atoms with E-state index in [0.717, 1.165) is 5.56 Å². The van der Waals surface area contributed by atoms with Crippen LogP contribution in [0.2, 0.25) is 0 Å². The van der Waals surface area contributed by atoms with Gasteiger partial charge in [-0.25, -0.2) is 5.01 Å². The van der Waals surface area contributed by atoms with Crippen molar-refractivity contribution in [1.82, 2.24) is 4.90 Å². The van der Waals surface area contributed by atoms with E-state index in [0.29, 0.717) is 24.2 Å². The molecule has 2 amide bonds. The summed E-state index contributed by atoms with van der Waals surface area (Å²) in [7, 11) is 3.36. The second-order valence-electron chi connectivity index (χ2n) is 4.79. The standard InChI is InChI=1S/C14H17N3O2/c1-10-5-4-6-11(9-10)17-13(18)8-7-12(15-17)14(19)16(2)3/h4-6,9H,7-8H2,1-3H3. The molecule has 1 aromatic carbocycles. The van der Waals surface area contributed by atoms with Gasteiger partial charge in [0.15, 0.2) is 0 Å². The van der Waals surface area contributed by atoms with Crippen LogP contribution in [0.4, 0.5) is 5.69 Å². The number of rotatable bonds is 2. The van der Waals surface area contributed by atoms with Crippen LogP contribution in [-0.4, -0.2) is 36.5 Å². The second kappa shape index (κ2) is 5.22. The van der Waals surface area contributed by atoms with Crippen LogP contribution in [0, 0.1) is 6.92 Å². The minimum Gasteiger partial charge on any atom is -0.344 e. The van der Waals surface area contributed by atoms with Crippen molar-refractivity contribution in [3.8, 4) is 0 Å². The molecule has 0 saturated carbocycles. The molecule has 19 heavy (non-hydrogen) atoms. The molecule has 0 radical (unpaired) electrons. The molecule has 0 bridgehead atoms. The zero-order valence-electron chi connectivity index (χ0n) is 11.4. The average molecular weight is 259 g/mol. The first kappa shape index (κ1) is 13.3. The molecular formula is C14H17N3O2. The van der Waals surface area contributed by atoms with Gasteiger partial charge in [-0.05, 0) is 24.6 Å². The summed E-state index contributed by atoms with van der Waals surface area (Å²) in [5, 5.41) is 5.53. The maximum atomic E-state index is 11.9. The highest BCUT2D eigenvalue weighted by atomic mass is 16.2. The summed E-state index contributed by atoms with van der Waals surface area (Å²) in [6.07, 6.45) is 0.713. The molecule has 0 aromatic heterocycles. The molecule has 2 rings (SSSR count). The predicted molar refractivity (Wildman–Crippen MR) is 74.0 cm³/mol. The van der Waals surface area contributed by atoms with Crippen LogP contribution in [0.1, 0.15) is 18.4 Å². The number of carbonyl (C=O) groups is 2. The Balaban J connectivity index is 2.35. The van der Waals surface area contributed by atoms with Gasteiger partial charge in [-0.15, -0.1) is 0 Å². The van der Waals surface area contributed by atoms with E-state index in [1.54, 1.807) is 14.1 Å². The molecule has 5 nitrogen and oxygen atoms in total. The Hall–Kier alpha value is -2.17. The summed E-state index contributed by atoms with van der Waals surface area (Å²) in [5.41, 5.74) is 2.17. The molecule has 0 unspecified atom stereocenters. The topological polar surface area (TPSA) is 53.0 Å². The fraction of sp³-hybridized carbons (Fsp3) is 0.357. The molecule has 0 atom stereocenters. The van der Waals surface area contributed by atoms with Gasteiger partial charge in [0.25, 0.3) is 5.91 Å². The third kappa shape index (κ3) is 2.81. The molecule has 1 aliphatic rings. The Kier molecular flexibility index (Phi) is 3.64. The number of benzene rings is 1. The SMILES string of the molecule is Cc1cccc(N2N=C(C(=O)N(C)C)CCC2=O)c1. The number of aryl methyl sites for hydroxylation is 1. The zero-order valence-corrected chi connectivity index (χ0v) is 11.4. The van der Waals surface area contributed by atoms with Crippen molar-refractivity contribution in [2.45, 2.75) is 19.8 Å². The zero-order chi connectivity index (χ0) is 14.0. The molecule has 0 fully saturated rings. The molecule has 100 valence electrons. The lowest BCUT2D eigenvalue weighted by atomic mass is 10.1. The summed E-state index contributed by atoms with van der Waals surface area (Å²) in [6.45, 7) is 1.95.